The van der Waals surface area contributed by atoms with Crippen LogP contribution in [0.5, 0.6) is 5.75 Å². The molecule has 2 rings (SSSR count). The highest BCUT2D eigenvalue weighted by Gasteiger charge is 2.28. The molecular weight excluding hydrogens is 444 g/mol. The Morgan fingerprint density at radius 1 is 1.31 bits per heavy atom. The summed E-state index contributed by atoms with van der Waals surface area (Å²) >= 11 is 2.98. The fourth-order valence-corrected chi connectivity index (χ4v) is 2.77. The Morgan fingerprint density at radius 3 is 2.48 bits per heavy atom. The van der Waals surface area contributed by atoms with Crippen molar-refractivity contribution in [3.63, 3.8) is 0 Å². The summed E-state index contributed by atoms with van der Waals surface area (Å²) in [5.74, 6) is -1.77. The van der Waals surface area contributed by atoms with Gasteiger partial charge in [-0.25, -0.2) is 4.98 Å². The van der Waals surface area contributed by atoms with Crippen LogP contribution in [-0.4, -0.2) is 38.6 Å². The zero-order valence-corrected chi connectivity index (χ0v) is 18.0. The third-order valence-electron chi connectivity index (χ3n) is 4.23. The van der Waals surface area contributed by atoms with E-state index in [-0.39, 0.29) is 29.5 Å². The summed E-state index contributed by atoms with van der Waals surface area (Å²) in [6, 6.07) is 7.66. The van der Waals surface area contributed by atoms with E-state index in [1.165, 1.54) is 11.8 Å². The number of nitro groups is 1. The Labute approximate surface area is 176 Å². The molecule has 1 heterocycles. The second kappa shape index (κ2) is 9.64. The Kier molecular flexibility index (Phi) is 7.49. The van der Waals surface area contributed by atoms with Gasteiger partial charge in [0.1, 0.15) is 17.6 Å². The van der Waals surface area contributed by atoms with Gasteiger partial charge in [-0.3, -0.25) is 14.9 Å². The maximum Gasteiger partial charge on any atom is 0.432 e. The molecule has 0 aliphatic rings. The van der Waals surface area contributed by atoms with E-state index in [2.05, 4.69) is 52.0 Å². The molecule has 0 spiro atoms. The number of benzene rings is 1. The smallest absolute Gasteiger partial charge is 0.432 e. The lowest BCUT2D eigenvalue weighted by molar-refractivity contribution is -0.393. The van der Waals surface area contributed by atoms with E-state index in [1.54, 1.807) is 0 Å². The van der Waals surface area contributed by atoms with Gasteiger partial charge in [-0.05, 0) is 28.0 Å². The maximum atomic E-state index is 12.5. The lowest BCUT2D eigenvalue weighted by Gasteiger charge is -2.19. The second-order valence-electron chi connectivity index (χ2n) is 7.43. The van der Waals surface area contributed by atoms with Gasteiger partial charge in [0.05, 0.1) is 17.9 Å². The molecule has 29 heavy (non-hydrogen) atoms. The van der Waals surface area contributed by atoms with Crippen LogP contribution in [0.4, 0.5) is 5.95 Å². The highest BCUT2D eigenvalue weighted by molar-refractivity contribution is 9.09. The molecule has 1 aromatic heterocycles. The number of ether oxygens (including phenoxy) is 1. The number of imidazole rings is 1. The largest absolute Gasteiger partial charge is 0.494 e. The summed E-state index contributed by atoms with van der Waals surface area (Å²) in [6.07, 6.45) is 1.42. The minimum absolute atomic E-state index is 0.0268. The number of carbonyl (C=O) groups excluding carboxylic acids is 2. The first-order valence-corrected chi connectivity index (χ1v) is 10.1. The van der Waals surface area contributed by atoms with Crippen LogP contribution in [0.2, 0.25) is 0 Å². The van der Waals surface area contributed by atoms with Crippen LogP contribution in [0, 0.1) is 10.1 Å². The average molecular weight is 467 g/mol. The van der Waals surface area contributed by atoms with E-state index in [9.17, 15) is 19.7 Å². The zero-order valence-electron chi connectivity index (χ0n) is 16.4. The number of H-pyrrole nitrogens is 1. The molecule has 0 aliphatic carbocycles. The van der Waals surface area contributed by atoms with Gasteiger partial charge >= 0.3 is 5.95 Å². The number of aromatic nitrogens is 2. The number of nitrogens with one attached hydrogen (secondary N) is 2. The molecule has 2 N–H and O–H groups in total. The molecule has 2 aromatic rings. The van der Waals surface area contributed by atoms with E-state index in [1.807, 2.05) is 24.3 Å². The van der Waals surface area contributed by atoms with Gasteiger partial charge in [-0.2, -0.15) is 0 Å². The first-order chi connectivity index (χ1) is 13.6. The van der Waals surface area contributed by atoms with E-state index in [0.717, 1.165) is 0 Å². The van der Waals surface area contributed by atoms with Gasteiger partial charge in [-0.1, -0.05) is 53.8 Å². The van der Waals surface area contributed by atoms with Gasteiger partial charge < -0.3 is 14.9 Å². The minimum atomic E-state index is -0.854. The SMILES string of the molecule is CC(C)(C)c1ccc(OCCC(C(=O)NC(=O)CBr)c2cnc([N+](=O)[O-])[nH]2)cc1. The number of hydrogen-bond donors (Lipinski definition) is 2. The number of halogens is 1. The van der Waals surface area contributed by atoms with Crippen LogP contribution in [0.3, 0.4) is 0 Å². The lowest BCUT2D eigenvalue weighted by atomic mass is 9.87. The van der Waals surface area contributed by atoms with E-state index in [4.69, 9.17) is 4.74 Å². The van der Waals surface area contributed by atoms with Crippen molar-refractivity contribution >= 4 is 33.7 Å². The molecule has 0 radical (unpaired) electrons. The van der Waals surface area contributed by atoms with E-state index >= 15 is 0 Å². The third kappa shape index (κ3) is 6.38. The van der Waals surface area contributed by atoms with Gasteiger partial charge in [0.2, 0.25) is 11.8 Å². The molecule has 0 aliphatic heterocycles. The highest BCUT2D eigenvalue weighted by atomic mass is 79.9. The molecule has 2 amide bonds. The van der Waals surface area contributed by atoms with Crippen LogP contribution in [-0.2, 0) is 15.0 Å². The molecule has 156 valence electrons. The molecule has 0 saturated carbocycles. The number of amides is 2. The number of aromatic amines is 1. The van der Waals surface area contributed by atoms with Crippen molar-refractivity contribution < 1.29 is 19.2 Å². The first kappa shape index (κ1) is 22.5. The van der Waals surface area contributed by atoms with Gasteiger partial charge in [0, 0.05) is 6.42 Å². The van der Waals surface area contributed by atoms with Gasteiger partial charge in [-0.15, -0.1) is 0 Å². The number of nitrogens with zero attached hydrogens (tertiary/aromatic N) is 2. The van der Waals surface area contributed by atoms with Crippen LogP contribution < -0.4 is 10.1 Å². The van der Waals surface area contributed by atoms with Crippen LogP contribution in [0.1, 0.15) is 44.4 Å². The predicted octanol–water partition coefficient (Wildman–Crippen LogP) is 3.21. The first-order valence-electron chi connectivity index (χ1n) is 8.94. The highest BCUT2D eigenvalue weighted by Crippen LogP contribution is 2.25. The average Bonchev–Trinajstić information content (AvgIpc) is 3.14. The topological polar surface area (TPSA) is 127 Å². The van der Waals surface area contributed by atoms with Gasteiger partial charge in [0.25, 0.3) is 0 Å². The summed E-state index contributed by atoms with van der Waals surface area (Å²) in [5, 5.41) is 13.1. The number of alkyl halides is 1. The number of carbonyl (C=O) groups is 2. The fraction of sp³-hybridized carbons (Fsp3) is 0.421. The Bertz CT molecular complexity index is 873. The number of rotatable bonds is 8. The van der Waals surface area contributed by atoms with Crippen molar-refractivity contribution in [2.75, 3.05) is 11.9 Å². The second-order valence-corrected chi connectivity index (χ2v) is 7.99. The molecule has 1 unspecified atom stereocenters. The zero-order chi connectivity index (χ0) is 21.6. The maximum absolute atomic E-state index is 12.5. The van der Waals surface area contributed by atoms with Crippen molar-refractivity contribution in [3.05, 3.63) is 51.8 Å². The summed E-state index contributed by atoms with van der Waals surface area (Å²) in [7, 11) is 0. The third-order valence-corrected chi connectivity index (χ3v) is 4.74. The van der Waals surface area contributed by atoms with Crippen LogP contribution >= 0.6 is 15.9 Å². The molecule has 1 aromatic carbocycles. The van der Waals surface area contributed by atoms with Crippen LogP contribution in [0.25, 0.3) is 0 Å². The number of hydrogen-bond acceptors (Lipinski definition) is 6. The molecule has 0 saturated heterocycles. The Balaban J connectivity index is 2.07. The molecular formula is C19H23BrN4O5. The molecule has 1 atom stereocenters. The van der Waals surface area contributed by atoms with Crippen molar-refractivity contribution in [2.24, 2.45) is 0 Å². The molecule has 9 nitrogen and oxygen atoms in total. The van der Waals surface area contributed by atoms with Crippen molar-refractivity contribution in [3.8, 4) is 5.75 Å². The normalized spacial score (nSPS) is 12.3. The quantitative estimate of drug-likeness (QED) is 0.349. The number of imide groups is 1. The Morgan fingerprint density at radius 2 is 1.97 bits per heavy atom. The Hall–Kier alpha value is -2.75. The van der Waals surface area contributed by atoms with Crippen molar-refractivity contribution in [1.82, 2.24) is 15.3 Å². The molecule has 0 fully saturated rings. The van der Waals surface area contributed by atoms with Crippen molar-refractivity contribution in [1.29, 1.82) is 0 Å². The summed E-state index contributed by atoms with van der Waals surface area (Å²) in [6.45, 7) is 6.51. The lowest BCUT2D eigenvalue weighted by Crippen LogP contribution is -2.36. The standard InChI is InChI=1S/C19H23BrN4O5/c1-19(2,3)12-4-6-13(7-5-12)29-9-8-14(17(26)23-16(25)10-20)15-11-21-18(22-15)24(27)28/h4-7,11,14H,8-10H2,1-3H3,(H,21,22)(H,23,25,26). The predicted molar refractivity (Wildman–Crippen MR) is 110 cm³/mol. The minimum Gasteiger partial charge on any atom is -0.494 e. The monoisotopic (exact) mass is 466 g/mol. The molecule has 10 heteroatoms. The van der Waals surface area contributed by atoms with E-state index in [0.29, 0.717) is 5.75 Å². The summed E-state index contributed by atoms with van der Waals surface area (Å²) in [5.41, 5.74) is 1.43. The van der Waals surface area contributed by atoms with Gasteiger partial charge in [0.15, 0.2) is 0 Å². The summed E-state index contributed by atoms with van der Waals surface area (Å²) in [4.78, 5) is 40.3. The summed E-state index contributed by atoms with van der Waals surface area (Å²) < 4.78 is 5.72. The fourth-order valence-electron chi connectivity index (χ4n) is 2.63. The van der Waals surface area contributed by atoms with Crippen LogP contribution in [0.15, 0.2) is 30.5 Å². The van der Waals surface area contributed by atoms with Crippen molar-refractivity contribution in [2.45, 2.75) is 38.5 Å². The van der Waals surface area contributed by atoms with E-state index < -0.39 is 28.6 Å². The molecule has 0 bridgehead atoms.